The van der Waals surface area contributed by atoms with Crippen molar-refractivity contribution in [2.45, 2.75) is 25.0 Å². The van der Waals surface area contributed by atoms with Gasteiger partial charge in [0, 0.05) is 26.2 Å². The molecule has 0 saturated carbocycles. The molecule has 0 N–H and O–H groups in total. The molecule has 2 aromatic rings. The van der Waals surface area contributed by atoms with Crippen LogP contribution in [0.1, 0.15) is 30.5 Å². The fraction of sp³-hybridized carbons (Fsp3) is 0.364. The number of nitrogens with zero attached hydrogens (tertiary/aromatic N) is 3. The van der Waals surface area contributed by atoms with Crippen LogP contribution in [0.2, 0.25) is 0 Å². The number of rotatable bonds is 5. The zero-order valence-electron chi connectivity index (χ0n) is 16.7. The van der Waals surface area contributed by atoms with Gasteiger partial charge >= 0.3 is 0 Å². The highest BCUT2D eigenvalue weighted by Gasteiger charge is 2.36. The smallest absolute Gasteiger partial charge is 0.232 e. The van der Waals surface area contributed by atoms with Crippen LogP contribution in [-0.4, -0.2) is 49.7 Å². The largest absolute Gasteiger partial charge is 0.339 e. The Morgan fingerprint density at radius 3 is 2.31 bits per heavy atom. The Morgan fingerprint density at radius 2 is 1.69 bits per heavy atom. The first kappa shape index (κ1) is 21.0. The van der Waals surface area contributed by atoms with Crippen molar-refractivity contribution < 1.29 is 13.2 Å². The Hall–Kier alpha value is -2.69. The van der Waals surface area contributed by atoms with Crippen LogP contribution in [0.5, 0.6) is 0 Å². The molecule has 0 atom stereocenters. The summed E-state index contributed by atoms with van der Waals surface area (Å²) in [6, 6.07) is 18.3. The lowest BCUT2D eigenvalue weighted by Gasteiger charge is -2.38. The van der Waals surface area contributed by atoms with Gasteiger partial charge in [-0.3, -0.25) is 4.79 Å². The van der Waals surface area contributed by atoms with Gasteiger partial charge < -0.3 is 4.90 Å². The predicted molar refractivity (Wildman–Crippen MR) is 111 cm³/mol. The van der Waals surface area contributed by atoms with Crippen LogP contribution < -0.4 is 0 Å². The molecule has 0 aliphatic carbocycles. The number of hydrogen-bond donors (Lipinski definition) is 0. The van der Waals surface area contributed by atoms with E-state index in [1.54, 1.807) is 29.2 Å². The van der Waals surface area contributed by atoms with Crippen molar-refractivity contribution in [1.29, 1.82) is 5.26 Å². The molecule has 6 nitrogen and oxygen atoms in total. The molecule has 0 unspecified atom stereocenters. The zero-order valence-corrected chi connectivity index (χ0v) is 17.5. The third-order valence-corrected chi connectivity index (χ3v) is 7.20. The second kappa shape index (κ2) is 8.36. The van der Waals surface area contributed by atoms with E-state index in [4.69, 9.17) is 5.26 Å². The summed E-state index contributed by atoms with van der Waals surface area (Å²) in [5.74, 6) is -0.145. The third-order valence-electron chi connectivity index (χ3n) is 5.35. The highest BCUT2D eigenvalue weighted by atomic mass is 32.2. The number of sulfonamides is 1. The SMILES string of the molecule is CC(C)(C(=O)N1CCN(S(=O)(=O)Cc2cccc(C#N)c2)CC1)c1ccccc1. The van der Waals surface area contributed by atoms with E-state index in [0.717, 1.165) is 5.56 Å². The summed E-state index contributed by atoms with van der Waals surface area (Å²) >= 11 is 0. The van der Waals surface area contributed by atoms with Crippen molar-refractivity contribution >= 4 is 15.9 Å². The molecule has 1 aliphatic rings. The predicted octanol–water partition coefficient (Wildman–Crippen LogP) is 2.51. The molecule has 7 heteroatoms. The fourth-order valence-corrected chi connectivity index (χ4v) is 5.08. The van der Waals surface area contributed by atoms with E-state index in [1.807, 2.05) is 50.2 Å². The maximum atomic E-state index is 13.1. The molecule has 152 valence electrons. The van der Waals surface area contributed by atoms with Gasteiger partial charge in [-0.2, -0.15) is 9.57 Å². The van der Waals surface area contributed by atoms with Crippen LogP contribution in [0.4, 0.5) is 0 Å². The fourth-order valence-electron chi connectivity index (χ4n) is 3.58. The van der Waals surface area contributed by atoms with Gasteiger partial charge in [-0.15, -0.1) is 0 Å². The van der Waals surface area contributed by atoms with Gasteiger partial charge in [0.2, 0.25) is 15.9 Å². The van der Waals surface area contributed by atoms with E-state index in [0.29, 0.717) is 24.2 Å². The highest BCUT2D eigenvalue weighted by molar-refractivity contribution is 7.88. The molecule has 0 radical (unpaired) electrons. The summed E-state index contributed by atoms with van der Waals surface area (Å²) in [5.41, 5.74) is 1.31. The minimum Gasteiger partial charge on any atom is -0.339 e. The standard InChI is InChI=1S/C22H25N3O3S/c1-22(2,20-9-4-3-5-10-20)21(26)24-11-13-25(14-12-24)29(27,28)17-19-8-6-7-18(15-19)16-23/h3-10,15H,11-14,17H2,1-2H3. The van der Waals surface area contributed by atoms with E-state index in [-0.39, 0.29) is 24.7 Å². The molecule has 1 amide bonds. The summed E-state index contributed by atoms with van der Waals surface area (Å²) in [4.78, 5) is 14.8. The van der Waals surface area contributed by atoms with Gasteiger partial charge in [-0.25, -0.2) is 8.42 Å². The van der Waals surface area contributed by atoms with Crippen LogP contribution >= 0.6 is 0 Å². The minimum absolute atomic E-state index is 0.00229. The second-order valence-electron chi connectivity index (χ2n) is 7.75. The summed E-state index contributed by atoms with van der Waals surface area (Å²) in [7, 11) is -3.51. The van der Waals surface area contributed by atoms with Gasteiger partial charge in [-0.1, -0.05) is 42.5 Å². The van der Waals surface area contributed by atoms with Crippen molar-refractivity contribution in [2.75, 3.05) is 26.2 Å². The topological polar surface area (TPSA) is 81.5 Å². The molecule has 29 heavy (non-hydrogen) atoms. The molecule has 0 bridgehead atoms. The number of benzene rings is 2. The maximum Gasteiger partial charge on any atom is 0.232 e. The Kier molecular flexibility index (Phi) is 6.06. The summed E-state index contributed by atoms with van der Waals surface area (Å²) in [6.07, 6.45) is 0. The van der Waals surface area contributed by atoms with Crippen LogP contribution in [-0.2, 0) is 26.0 Å². The molecular weight excluding hydrogens is 386 g/mol. The van der Waals surface area contributed by atoms with E-state index >= 15 is 0 Å². The number of amides is 1. The summed E-state index contributed by atoms with van der Waals surface area (Å²) in [6.45, 7) is 5.08. The normalized spacial score (nSPS) is 15.7. The van der Waals surface area contributed by atoms with Gasteiger partial charge in [0.25, 0.3) is 0 Å². The first-order valence-corrected chi connectivity index (χ1v) is 11.2. The van der Waals surface area contributed by atoms with Gasteiger partial charge in [0.05, 0.1) is 22.8 Å². The van der Waals surface area contributed by atoms with Crippen molar-refractivity contribution in [3.63, 3.8) is 0 Å². The lowest BCUT2D eigenvalue weighted by atomic mass is 9.83. The van der Waals surface area contributed by atoms with E-state index in [9.17, 15) is 13.2 Å². The third kappa shape index (κ3) is 4.66. The van der Waals surface area contributed by atoms with Crippen molar-refractivity contribution in [3.05, 3.63) is 71.3 Å². The molecule has 1 fully saturated rings. The maximum absolute atomic E-state index is 13.1. The van der Waals surface area contributed by atoms with Crippen LogP contribution in [0.3, 0.4) is 0 Å². The average molecular weight is 412 g/mol. The number of carbonyl (C=O) groups excluding carboxylic acids is 1. The van der Waals surface area contributed by atoms with Crippen molar-refractivity contribution in [1.82, 2.24) is 9.21 Å². The Morgan fingerprint density at radius 1 is 1.03 bits per heavy atom. The highest BCUT2D eigenvalue weighted by Crippen LogP contribution is 2.26. The van der Waals surface area contributed by atoms with Gasteiger partial charge in [0.1, 0.15) is 0 Å². The molecule has 2 aromatic carbocycles. The average Bonchev–Trinajstić information content (AvgIpc) is 2.73. The van der Waals surface area contributed by atoms with E-state index in [1.165, 1.54) is 4.31 Å². The summed E-state index contributed by atoms with van der Waals surface area (Å²) < 4.78 is 27.0. The second-order valence-corrected chi connectivity index (χ2v) is 9.72. The van der Waals surface area contributed by atoms with Gasteiger partial charge in [0.15, 0.2) is 0 Å². The monoisotopic (exact) mass is 411 g/mol. The number of piperazine rings is 1. The number of carbonyl (C=O) groups is 1. The Balaban J connectivity index is 1.65. The minimum atomic E-state index is -3.51. The quantitative estimate of drug-likeness (QED) is 0.757. The first-order chi connectivity index (χ1) is 13.7. The molecular formula is C22H25N3O3S. The number of hydrogen-bond acceptors (Lipinski definition) is 4. The molecule has 0 spiro atoms. The lowest BCUT2D eigenvalue weighted by Crippen LogP contribution is -2.54. The molecule has 3 rings (SSSR count). The van der Waals surface area contributed by atoms with Gasteiger partial charge in [-0.05, 0) is 37.1 Å². The Labute approximate surface area is 172 Å². The van der Waals surface area contributed by atoms with Crippen molar-refractivity contribution in [3.8, 4) is 6.07 Å². The van der Waals surface area contributed by atoms with Crippen LogP contribution in [0.15, 0.2) is 54.6 Å². The van der Waals surface area contributed by atoms with Crippen molar-refractivity contribution in [2.24, 2.45) is 0 Å². The summed E-state index contributed by atoms with van der Waals surface area (Å²) in [5, 5.41) is 8.99. The lowest BCUT2D eigenvalue weighted by molar-refractivity contribution is -0.137. The van der Waals surface area contributed by atoms with Crippen LogP contribution in [0.25, 0.3) is 0 Å². The van der Waals surface area contributed by atoms with E-state index < -0.39 is 15.4 Å². The molecule has 0 aromatic heterocycles. The van der Waals surface area contributed by atoms with E-state index in [2.05, 4.69) is 0 Å². The first-order valence-electron chi connectivity index (χ1n) is 9.56. The zero-order chi connectivity index (χ0) is 21.1. The molecule has 1 aliphatic heterocycles. The molecule has 1 saturated heterocycles. The Bertz CT molecular complexity index is 1020. The number of nitriles is 1. The van der Waals surface area contributed by atoms with Crippen LogP contribution in [0, 0.1) is 11.3 Å². The molecule has 1 heterocycles.